The second-order valence-corrected chi connectivity index (χ2v) is 8.00. The zero-order valence-corrected chi connectivity index (χ0v) is 15.3. The normalized spacial score (nSPS) is 23.5. The van der Waals surface area contributed by atoms with Gasteiger partial charge in [-0.05, 0) is 61.7 Å². The number of thiocarbonyl (C=S) groups is 1. The maximum Gasteiger partial charge on any atom is 0.242 e. The van der Waals surface area contributed by atoms with Gasteiger partial charge in [-0.25, -0.2) is 9.98 Å². The Morgan fingerprint density at radius 1 is 1.33 bits per heavy atom. The summed E-state index contributed by atoms with van der Waals surface area (Å²) in [7, 11) is 0. The fourth-order valence-corrected chi connectivity index (χ4v) is 5.30. The number of carbonyl (C=O) groups is 1. The van der Waals surface area contributed by atoms with Crippen molar-refractivity contribution in [3.8, 4) is 0 Å². The number of rotatable bonds is 4. The van der Waals surface area contributed by atoms with Gasteiger partial charge in [-0.2, -0.15) is 0 Å². The predicted molar refractivity (Wildman–Crippen MR) is 99.9 cm³/mol. The highest BCUT2D eigenvalue weighted by atomic mass is 32.2. The molecule has 0 N–H and O–H groups in total. The van der Waals surface area contributed by atoms with Gasteiger partial charge in [0.2, 0.25) is 11.0 Å². The zero-order chi connectivity index (χ0) is 16.7. The Hall–Kier alpha value is -1.47. The molecule has 1 aromatic heterocycles. The van der Waals surface area contributed by atoms with Crippen molar-refractivity contribution in [2.75, 3.05) is 6.54 Å². The van der Waals surface area contributed by atoms with Gasteiger partial charge in [0.05, 0.1) is 17.1 Å². The molecule has 0 fully saturated rings. The number of aryl methyl sites for hydroxylation is 2. The molecule has 0 radical (unpaired) electrons. The number of nitrogens with zero attached hydrogens (tertiary/aromatic N) is 4. The minimum Gasteiger partial charge on any atom is -0.337 e. The van der Waals surface area contributed by atoms with Crippen LogP contribution in [0.3, 0.4) is 0 Å². The highest BCUT2D eigenvalue weighted by Crippen LogP contribution is 2.47. The van der Waals surface area contributed by atoms with Crippen LogP contribution in [0.4, 0.5) is 0 Å². The summed E-state index contributed by atoms with van der Waals surface area (Å²) in [6, 6.07) is 0. The molecule has 0 saturated carbocycles. The molecular weight excluding hydrogens is 340 g/mol. The van der Waals surface area contributed by atoms with E-state index in [1.807, 2.05) is 19.4 Å². The van der Waals surface area contributed by atoms with E-state index in [1.54, 1.807) is 16.7 Å². The first kappa shape index (κ1) is 16.0. The van der Waals surface area contributed by atoms with Crippen molar-refractivity contribution in [2.24, 2.45) is 10.9 Å². The van der Waals surface area contributed by atoms with Crippen LogP contribution >= 0.6 is 24.0 Å². The molecule has 2 aliphatic heterocycles. The summed E-state index contributed by atoms with van der Waals surface area (Å²) in [4.78, 5) is 24.9. The van der Waals surface area contributed by atoms with Crippen molar-refractivity contribution in [3.63, 3.8) is 0 Å². The molecule has 1 unspecified atom stereocenters. The highest BCUT2D eigenvalue weighted by molar-refractivity contribution is 8.17. The largest absolute Gasteiger partial charge is 0.337 e. The van der Waals surface area contributed by atoms with Gasteiger partial charge >= 0.3 is 0 Å². The molecule has 4 rings (SSSR count). The maximum atomic E-state index is 13.0. The minimum absolute atomic E-state index is 0.131. The van der Waals surface area contributed by atoms with E-state index in [-0.39, 0.29) is 11.8 Å². The third-order valence-corrected chi connectivity index (χ3v) is 6.35. The average Bonchev–Trinajstić information content (AvgIpc) is 3.13. The second kappa shape index (κ2) is 6.44. The SMILES string of the molecule is Cc1cn(CCCN2C(=O)C3C(=NC2=S)SC2=C3CCCC2)cn1. The Kier molecular flexibility index (Phi) is 4.30. The summed E-state index contributed by atoms with van der Waals surface area (Å²) in [5.74, 6) is -0.0151. The number of allylic oxidation sites excluding steroid dienone is 1. The lowest BCUT2D eigenvalue weighted by Gasteiger charge is -2.30. The monoisotopic (exact) mass is 360 g/mol. The Bertz CT molecular complexity index is 764. The van der Waals surface area contributed by atoms with Gasteiger partial charge in [0.25, 0.3) is 0 Å². The number of imidazole rings is 1. The molecule has 3 aliphatic rings. The molecule has 126 valence electrons. The molecule has 0 spiro atoms. The molecule has 0 bridgehead atoms. The van der Waals surface area contributed by atoms with Crippen LogP contribution in [0, 0.1) is 12.8 Å². The first-order valence-corrected chi connectivity index (χ1v) is 9.68. The van der Waals surface area contributed by atoms with E-state index in [4.69, 9.17) is 12.2 Å². The lowest BCUT2D eigenvalue weighted by molar-refractivity contribution is -0.128. The van der Waals surface area contributed by atoms with Crippen LogP contribution in [0.5, 0.6) is 0 Å². The first-order valence-electron chi connectivity index (χ1n) is 8.45. The molecule has 1 amide bonds. The quantitative estimate of drug-likeness (QED) is 0.773. The predicted octanol–water partition coefficient (Wildman–Crippen LogP) is 3.30. The fraction of sp³-hybridized carbons (Fsp3) is 0.529. The summed E-state index contributed by atoms with van der Waals surface area (Å²) in [5, 5.41) is 1.35. The number of thioether (sulfide) groups is 1. The molecule has 0 saturated heterocycles. The molecular formula is C17H20N4OS2. The Morgan fingerprint density at radius 2 is 2.17 bits per heavy atom. The van der Waals surface area contributed by atoms with Crippen LogP contribution in [0.1, 0.15) is 37.8 Å². The van der Waals surface area contributed by atoms with Crippen molar-refractivity contribution in [3.05, 3.63) is 28.7 Å². The van der Waals surface area contributed by atoms with E-state index in [0.29, 0.717) is 11.7 Å². The van der Waals surface area contributed by atoms with Crippen LogP contribution in [0.2, 0.25) is 0 Å². The van der Waals surface area contributed by atoms with Crippen molar-refractivity contribution < 1.29 is 4.79 Å². The summed E-state index contributed by atoms with van der Waals surface area (Å²) < 4.78 is 2.05. The van der Waals surface area contributed by atoms with Gasteiger partial charge in [-0.15, -0.1) is 0 Å². The second-order valence-electron chi connectivity index (χ2n) is 6.52. The van der Waals surface area contributed by atoms with Crippen LogP contribution in [0.15, 0.2) is 28.0 Å². The first-order chi connectivity index (χ1) is 11.6. The molecule has 7 heteroatoms. The number of hydrogen-bond donors (Lipinski definition) is 0. The lowest BCUT2D eigenvalue weighted by atomic mass is 9.88. The Labute approximate surface area is 151 Å². The summed E-state index contributed by atoms with van der Waals surface area (Å²) >= 11 is 7.09. The summed E-state index contributed by atoms with van der Waals surface area (Å²) in [6.07, 6.45) is 9.22. The summed E-state index contributed by atoms with van der Waals surface area (Å²) in [6.45, 7) is 3.43. The highest BCUT2D eigenvalue weighted by Gasteiger charge is 2.43. The molecule has 0 aromatic carbocycles. The van der Waals surface area contributed by atoms with Gasteiger partial charge in [0.15, 0.2) is 0 Å². The molecule has 24 heavy (non-hydrogen) atoms. The molecule has 1 aromatic rings. The lowest BCUT2D eigenvalue weighted by Crippen LogP contribution is -2.46. The third-order valence-electron chi connectivity index (χ3n) is 4.79. The number of aliphatic imine (C=N–C) groups is 1. The Balaban J connectivity index is 1.46. The van der Waals surface area contributed by atoms with Gasteiger partial charge in [-0.3, -0.25) is 9.69 Å². The van der Waals surface area contributed by atoms with Gasteiger partial charge < -0.3 is 4.57 Å². The van der Waals surface area contributed by atoms with Gasteiger partial charge in [0, 0.05) is 19.3 Å². The van der Waals surface area contributed by atoms with Gasteiger partial charge in [-0.1, -0.05) is 11.8 Å². The van der Waals surface area contributed by atoms with Crippen LogP contribution < -0.4 is 0 Å². The van der Waals surface area contributed by atoms with Crippen LogP contribution in [0.25, 0.3) is 0 Å². The van der Waals surface area contributed by atoms with Crippen molar-refractivity contribution in [2.45, 2.75) is 45.6 Å². The fourth-order valence-electron chi connectivity index (χ4n) is 3.62. The van der Waals surface area contributed by atoms with E-state index in [2.05, 4.69) is 14.5 Å². The third kappa shape index (κ3) is 2.84. The van der Waals surface area contributed by atoms with Crippen molar-refractivity contribution >= 4 is 40.0 Å². The Morgan fingerprint density at radius 3 is 2.96 bits per heavy atom. The maximum absolute atomic E-state index is 13.0. The molecule has 5 nitrogen and oxygen atoms in total. The van der Waals surface area contributed by atoms with Crippen molar-refractivity contribution in [1.29, 1.82) is 0 Å². The van der Waals surface area contributed by atoms with Crippen LogP contribution in [-0.2, 0) is 11.3 Å². The number of carbonyl (C=O) groups excluding carboxylic acids is 1. The molecule has 1 aliphatic carbocycles. The van der Waals surface area contributed by atoms with E-state index >= 15 is 0 Å². The van der Waals surface area contributed by atoms with Crippen molar-refractivity contribution in [1.82, 2.24) is 14.5 Å². The number of hydrogen-bond acceptors (Lipinski definition) is 4. The standard InChI is InChI=1S/C17H20N4OS2/c1-11-9-20(10-18-11)7-4-8-21-16(22)14-12-5-2-3-6-13(12)24-15(14)19-17(21)23/h9-10,14H,2-8H2,1H3. The van der Waals surface area contributed by atoms with E-state index < -0.39 is 0 Å². The minimum atomic E-state index is -0.146. The smallest absolute Gasteiger partial charge is 0.242 e. The zero-order valence-electron chi connectivity index (χ0n) is 13.7. The number of aromatic nitrogens is 2. The number of amides is 1. The van der Waals surface area contributed by atoms with Crippen LogP contribution in [-0.4, -0.2) is 37.1 Å². The average molecular weight is 361 g/mol. The topological polar surface area (TPSA) is 50.5 Å². The number of fused-ring (bicyclic) bond motifs is 2. The van der Waals surface area contributed by atoms with E-state index in [0.717, 1.165) is 36.5 Å². The molecule has 3 heterocycles. The molecule has 1 atom stereocenters. The summed E-state index contributed by atoms with van der Waals surface area (Å²) in [5.41, 5.74) is 2.32. The van der Waals surface area contributed by atoms with E-state index in [1.165, 1.54) is 23.3 Å². The van der Waals surface area contributed by atoms with E-state index in [9.17, 15) is 4.79 Å². The van der Waals surface area contributed by atoms with Gasteiger partial charge in [0.1, 0.15) is 5.92 Å².